The van der Waals surface area contributed by atoms with Crippen molar-refractivity contribution < 1.29 is 13.9 Å². The van der Waals surface area contributed by atoms with Gasteiger partial charge >= 0.3 is 5.97 Å². The van der Waals surface area contributed by atoms with Crippen LogP contribution in [-0.2, 0) is 23.6 Å². The smallest absolute Gasteiger partial charge is 0.338 e. The lowest BCUT2D eigenvalue weighted by Crippen LogP contribution is -2.28. The Morgan fingerprint density at radius 1 is 1.10 bits per heavy atom. The summed E-state index contributed by atoms with van der Waals surface area (Å²) in [5.41, 5.74) is 0.279. The summed E-state index contributed by atoms with van der Waals surface area (Å²) < 4.78 is 12.9. The SMILES string of the molecule is CCC(C)(C)OC(=O)c1cc(-c2nnc(C(C)(C)Cc3ccccc3)o2)n(C)c(=O)c1. The van der Waals surface area contributed by atoms with E-state index >= 15 is 0 Å². The highest BCUT2D eigenvalue weighted by Crippen LogP contribution is 2.29. The van der Waals surface area contributed by atoms with Crippen molar-refractivity contribution in [2.45, 2.75) is 58.5 Å². The molecule has 2 heterocycles. The van der Waals surface area contributed by atoms with E-state index in [0.717, 1.165) is 5.56 Å². The van der Waals surface area contributed by atoms with Crippen LogP contribution in [0.1, 0.15) is 62.9 Å². The first kappa shape index (κ1) is 22.5. The van der Waals surface area contributed by atoms with E-state index in [1.165, 1.54) is 10.6 Å². The molecule has 0 radical (unpaired) electrons. The standard InChI is InChI=1S/C24H29N3O4/c1-7-24(4,5)31-21(29)17-13-18(27(6)19(28)14-17)20-25-26-22(30-20)23(2,3)15-16-11-9-8-10-12-16/h8-14H,7,15H2,1-6H3. The number of nitrogens with zero attached hydrogens (tertiary/aromatic N) is 3. The summed E-state index contributed by atoms with van der Waals surface area (Å²) in [7, 11) is 1.60. The Hall–Kier alpha value is -3.22. The zero-order valence-corrected chi connectivity index (χ0v) is 18.9. The lowest BCUT2D eigenvalue weighted by Gasteiger charge is -2.23. The zero-order valence-electron chi connectivity index (χ0n) is 18.9. The summed E-state index contributed by atoms with van der Waals surface area (Å²) in [6.07, 6.45) is 1.37. The first-order valence-corrected chi connectivity index (χ1v) is 10.3. The summed E-state index contributed by atoms with van der Waals surface area (Å²) >= 11 is 0. The molecule has 0 amide bonds. The molecule has 7 heteroatoms. The van der Waals surface area contributed by atoms with Gasteiger partial charge in [-0.15, -0.1) is 10.2 Å². The van der Waals surface area contributed by atoms with Crippen molar-refractivity contribution in [1.29, 1.82) is 0 Å². The second-order valence-electron chi connectivity index (χ2n) is 8.99. The number of pyridine rings is 1. The van der Waals surface area contributed by atoms with Gasteiger partial charge in [0.05, 0.1) is 5.56 Å². The molecule has 0 aliphatic heterocycles. The molecule has 0 spiro atoms. The lowest BCUT2D eigenvalue weighted by atomic mass is 9.86. The van der Waals surface area contributed by atoms with Crippen LogP contribution in [0, 0.1) is 0 Å². The van der Waals surface area contributed by atoms with Gasteiger partial charge in [0.15, 0.2) is 0 Å². The van der Waals surface area contributed by atoms with E-state index in [-0.39, 0.29) is 17.0 Å². The number of aromatic nitrogens is 3. The van der Waals surface area contributed by atoms with Crippen molar-refractivity contribution in [3.05, 3.63) is 69.8 Å². The maximum atomic E-state index is 12.6. The molecule has 7 nitrogen and oxygen atoms in total. The molecule has 0 aliphatic rings. The van der Waals surface area contributed by atoms with Crippen molar-refractivity contribution in [3.8, 4) is 11.6 Å². The molecule has 0 atom stereocenters. The Morgan fingerprint density at radius 2 is 1.77 bits per heavy atom. The fraction of sp³-hybridized carbons (Fsp3) is 0.417. The van der Waals surface area contributed by atoms with Crippen LogP contribution in [0.4, 0.5) is 0 Å². The van der Waals surface area contributed by atoms with Crippen LogP contribution >= 0.6 is 0 Å². The van der Waals surface area contributed by atoms with E-state index in [2.05, 4.69) is 22.3 Å². The maximum absolute atomic E-state index is 12.6. The third-order valence-corrected chi connectivity index (χ3v) is 5.43. The normalized spacial score (nSPS) is 12.1. The largest absolute Gasteiger partial charge is 0.456 e. The van der Waals surface area contributed by atoms with E-state index in [1.807, 2.05) is 52.8 Å². The fourth-order valence-corrected chi connectivity index (χ4v) is 3.12. The summed E-state index contributed by atoms with van der Waals surface area (Å²) in [5.74, 6) is 0.0778. The van der Waals surface area contributed by atoms with Gasteiger partial charge in [-0.3, -0.25) is 4.79 Å². The van der Waals surface area contributed by atoms with Gasteiger partial charge in [-0.1, -0.05) is 51.1 Å². The number of carbonyl (C=O) groups is 1. The second-order valence-corrected chi connectivity index (χ2v) is 8.99. The minimum absolute atomic E-state index is 0.155. The second kappa shape index (κ2) is 8.49. The summed E-state index contributed by atoms with van der Waals surface area (Å²) in [6, 6.07) is 12.9. The van der Waals surface area contributed by atoms with Crippen molar-refractivity contribution in [1.82, 2.24) is 14.8 Å². The average molecular weight is 424 g/mol. The molecule has 0 saturated carbocycles. The summed E-state index contributed by atoms with van der Waals surface area (Å²) in [4.78, 5) is 25.1. The fourth-order valence-electron chi connectivity index (χ4n) is 3.12. The predicted octanol–water partition coefficient (Wildman–Crippen LogP) is 4.30. The Labute approximate surface area is 182 Å². The van der Waals surface area contributed by atoms with Gasteiger partial charge in [-0.25, -0.2) is 4.79 Å². The van der Waals surface area contributed by atoms with Crippen LogP contribution in [0.15, 0.2) is 51.7 Å². The van der Waals surface area contributed by atoms with Crippen LogP contribution in [-0.4, -0.2) is 26.3 Å². The molecular weight excluding hydrogens is 394 g/mol. The van der Waals surface area contributed by atoms with Gasteiger partial charge in [0.25, 0.3) is 11.4 Å². The third-order valence-electron chi connectivity index (χ3n) is 5.43. The first-order chi connectivity index (χ1) is 14.5. The molecule has 3 aromatic rings. The molecule has 31 heavy (non-hydrogen) atoms. The van der Waals surface area contributed by atoms with Gasteiger partial charge in [-0.05, 0) is 38.3 Å². The van der Waals surface area contributed by atoms with Crippen molar-refractivity contribution in [3.63, 3.8) is 0 Å². The number of esters is 1. The molecule has 2 aromatic heterocycles. The van der Waals surface area contributed by atoms with E-state index < -0.39 is 17.0 Å². The van der Waals surface area contributed by atoms with Gasteiger partial charge in [0.1, 0.15) is 11.3 Å². The lowest BCUT2D eigenvalue weighted by molar-refractivity contribution is -0.00246. The number of ether oxygens (including phenoxy) is 1. The van der Waals surface area contributed by atoms with Crippen LogP contribution in [0.5, 0.6) is 0 Å². The minimum atomic E-state index is -0.628. The highest BCUT2D eigenvalue weighted by Gasteiger charge is 2.29. The molecule has 0 saturated heterocycles. The van der Waals surface area contributed by atoms with Crippen LogP contribution < -0.4 is 5.56 Å². The molecule has 0 unspecified atom stereocenters. The Balaban J connectivity index is 1.93. The van der Waals surface area contributed by atoms with Crippen molar-refractivity contribution in [2.75, 3.05) is 0 Å². The van der Waals surface area contributed by atoms with Gasteiger partial charge < -0.3 is 13.7 Å². The molecule has 3 rings (SSSR count). The highest BCUT2D eigenvalue weighted by molar-refractivity contribution is 5.90. The van der Waals surface area contributed by atoms with Gasteiger partial charge in [-0.2, -0.15) is 0 Å². The number of hydrogen-bond donors (Lipinski definition) is 0. The molecule has 0 fully saturated rings. The summed E-state index contributed by atoms with van der Waals surface area (Å²) in [6.45, 7) is 9.63. The van der Waals surface area contributed by atoms with E-state index in [9.17, 15) is 9.59 Å². The van der Waals surface area contributed by atoms with Crippen LogP contribution in [0.2, 0.25) is 0 Å². The van der Waals surface area contributed by atoms with Gasteiger partial charge in [0, 0.05) is 18.5 Å². The van der Waals surface area contributed by atoms with E-state index in [0.29, 0.717) is 24.4 Å². The Bertz CT molecular complexity index is 1130. The monoisotopic (exact) mass is 423 g/mol. The summed E-state index contributed by atoms with van der Waals surface area (Å²) in [5, 5.41) is 8.39. The Morgan fingerprint density at radius 3 is 2.42 bits per heavy atom. The Kier molecular flexibility index (Phi) is 6.15. The third kappa shape index (κ3) is 5.10. The maximum Gasteiger partial charge on any atom is 0.338 e. The van der Waals surface area contributed by atoms with Gasteiger partial charge in [0.2, 0.25) is 5.89 Å². The molecular formula is C24H29N3O4. The molecule has 164 valence electrons. The molecule has 1 aromatic carbocycles. The predicted molar refractivity (Wildman–Crippen MR) is 118 cm³/mol. The number of hydrogen-bond acceptors (Lipinski definition) is 6. The molecule has 0 aliphatic carbocycles. The number of benzene rings is 1. The van der Waals surface area contributed by atoms with E-state index in [4.69, 9.17) is 9.15 Å². The minimum Gasteiger partial charge on any atom is -0.456 e. The quantitative estimate of drug-likeness (QED) is 0.527. The van der Waals surface area contributed by atoms with Crippen molar-refractivity contribution in [2.24, 2.45) is 7.05 Å². The van der Waals surface area contributed by atoms with Crippen LogP contribution in [0.3, 0.4) is 0 Å². The topological polar surface area (TPSA) is 87.2 Å². The number of rotatable bonds is 7. The highest BCUT2D eigenvalue weighted by atomic mass is 16.6. The van der Waals surface area contributed by atoms with Crippen LogP contribution in [0.25, 0.3) is 11.6 Å². The molecule has 0 bridgehead atoms. The average Bonchev–Trinajstić information content (AvgIpc) is 3.21. The number of carbonyl (C=O) groups excluding carboxylic acids is 1. The molecule has 0 N–H and O–H groups in total. The van der Waals surface area contributed by atoms with Crippen molar-refractivity contribution >= 4 is 5.97 Å². The first-order valence-electron chi connectivity index (χ1n) is 10.3. The zero-order chi connectivity index (χ0) is 22.8. The van der Waals surface area contributed by atoms with E-state index in [1.54, 1.807) is 13.1 Å².